The third-order valence-corrected chi connectivity index (χ3v) is 4.78. The molecule has 0 spiro atoms. The van der Waals surface area contributed by atoms with Crippen LogP contribution >= 0.6 is 11.6 Å². The SMILES string of the molecule is CC(NCC1(CO)CCCCC1)c1ccc(Cl)c(F)c1. The van der Waals surface area contributed by atoms with Crippen molar-refractivity contribution in [1.82, 2.24) is 5.32 Å². The zero-order valence-corrected chi connectivity index (χ0v) is 12.7. The molecule has 0 saturated heterocycles. The largest absolute Gasteiger partial charge is 0.396 e. The van der Waals surface area contributed by atoms with Crippen LogP contribution in [0.1, 0.15) is 50.6 Å². The topological polar surface area (TPSA) is 32.3 Å². The van der Waals surface area contributed by atoms with E-state index in [1.54, 1.807) is 6.07 Å². The monoisotopic (exact) mass is 299 g/mol. The van der Waals surface area contributed by atoms with E-state index in [9.17, 15) is 9.50 Å². The van der Waals surface area contributed by atoms with Crippen LogP contribution in [0.15, 0.2) is 18.2 Å². The van der Waals surface area contributed by atoms with Crippen molar-refractivity contribution in [2.24, 2.45) is 5.41 Å². The lowest BCUT2D eigenvalue weighted by Crippen LogP contribution is -2.40. The molecule has 0 heterocycles. The minimum absolute atomic E-state index is 0.00250. The van der Waals surface area contributed by atoms with Gasteiger partial charge in [-0.15, -0.1) is 0 Å². The molecular weight excluding hydrogens is 277 g/mol. The quantitative estimate of drug-likeness (QED) is 0.859. The van der Waals surface area contributed by atoms with Gasteiger partial charge in [-0.2, -0.15) is 0 Å². The minimum atomic E-state index is -0.382. The Labute approximate surface area is 125 Å². The van der Waals surface area contributed by atoms with E-state index in [4.69, 9.17) is 11.6 Å². The molecule has 1 saturated carbocycles. The summed E-state index contributed by atoms with van der Waals surface area (Å²) >= 11 is 5.70. The number of nitrogens with one attached hydrogen (secondary N) is 1. The maximum Gasteiger partial charge on any atom is 0.142 e. The molecule has 0 aromatic heterocycles. The molecule has 0 aliphatic heterocycles. The molecule has 2 rings (SSSR count). The van der Waals surface area contributed by atoms with Gasteiger partial charge in [0.15, 0.2) is 0 Å². The third kappa shape index (κ3) is 3.72. The molecule has 1 atom stereocenters. The van der Waals surface area contributed by atoms with Gasteiger partial charge in [0.05, 0.1) is 5.02 Å². The van der Waals surface area contributed by atoms with E-state index in [-0.39, 0.29) is 28.9 Å². The van der Waals surface area contributed by atoms with Crippen molar-refractivity contribution in [3.05, 3.63) is 34.6 Å². The second-order valence-corrected chi connectivity index (χ2v) is 6.40. The van der Waals surface area contributed by atoms with Crippen LogP contribution < -0.4 is 5.32 Å². The highest BCUT2D eigenvalue weighted by molar-refractivity contribution is 6.30. The number of benzene rings is 1. The Morgan fingerprint density at radius 2 is 2.05 bits per heavy atom. The fraction of sp³-hybridized carbons (Fsp3) is 0.625. The summed E-state index contributed by atoms with van der Waals surface area (Å²) in [5.41, 5.74) is 0.882. The lowest BCUT2D eigenvalue weighted by Gasteiger charge is -2.36. The molecule has 20 heavy (non-hydrogen) atoms. The number of aliphatic hydroxyl groups excluding tert-OH is 1. The maximum absolute atomic E-state index is 13.5. The molecule has 1 aromatic carbocycles. The zero-order valence-electron chi connectivity index (χ0n) is 12.0. The molecule has 0 amide bonds. The molecular formula is C16H23ClFNO. The first-order valence-electron chi connectivity index (χ1n) is 7.35. The Morgan fingerprint density at radius 1 is 1.35 bits per heavy atom. The van der Waals surface area contributed by atoms with Gasteiger partial charge in [-0.25, -0.2) is 4.39 Å². The summed E-state index contributed by atoms with van der Waals surface area (Å²) in [7, 11) is 0. The van der Waals surface area contributed by atoms with E-state index in [1.165, 1.54) is 25.3 Å². The standard InChI is InChI=1S/C16H23ClFNO/c1-12(13-5-6-14(17)15(18)9-13)19-10-16(11-20)7-3-2-4-8-16/h5-6,9,12,19-20H,2-4,7-8,10-11H2,1H3. The van der Waals surface area contributed by atoms with Crippen molar-refractivity contribution < 1.29 is 9.50 Å². The Balaban J connectivity index is 1.96. The minimum Gasteiger partial charge on any atom is -0.396 e. The van der Waals surface area contributed by atoms with Crippen LogP contribution in [0.25, 0.3) is 0 Å². The molecule has 1 aliphatic rings. The molecule has 1 fully saturated rings. The van der Waals surface area contributed by atoms with Gasteiger partial charge in [0.2, 0.25) is 0 Å². The summed E-state index contributed by atoms with van der Waals surface area (Å²) in [4.78, 5) is 0. The number of hydrogen-bond donors (Lipinski definition) is 2. The van der Waals surface area contributed by atoms with Crippen molar-refractivity contribution in [1.29, 1.82) is 0 Å². The van der Waals surface area contributed by atoms with Gasteiger partial charge < -0.3 is 10.4 Å². The van der Waals surface area contributed by atoms with Crippen LogP contribution in [-0.2, 0) is 0 Å². The predicted octanol–water partition coefficient (Wildman–Crippen LogP) is 4.07. The van der Waals surface area contributed by atoms with E-state index >= 15 is 0 Å². The Bertz CT molecular complexity index is 446. The second-order valence-electron chi connectivity index (χ2n) is 5.99. The summed E-state index contributed by atoms with van der Waals surface area (Å²) in [6, 6.07) is 4.96. The summed E-state index contributed by atoms with van der Waals surface area (Å²) in [6.07, 6.45) is 5.77. The van der Waals surface area contributed by atoms with E-state index in [0.29, 0.717) is 0 Å². The smallest absolute Gasteiger partial charge is 0.142 e. The average Bonchev–Trinajstić information content (AvgIpc) is 2.48. The van der Waals surface area contributed by atoms with Crippen LogP contribution in [0.2, 0.25) is 5.02 Å². The van der Waals surface area contributed by atoms with Gasteiger partial charge in [-0.1, -0.05) is 36.9 Å². The Morgan fingerprint density at radius 3 is 2.65 bits per heavy atom. The predicted molar refractivity (Wildman–Crippen MR) is 80.4 cm³/mol. The Kier molecular flexibility index (Phi) is 5.42. The summed E-state index contributed by atoms with van der Waals surface area (Å²) < 4.78 is 13.5. The second kappa shape index (κ2) is 6.88. The average molecular weight is 300 g/mol. The van der Waals surface area contributed by atoms with Crippen LogP contribution in [-0.4, -0.2) is 18.3 Å². The van der Waals surface area contributed by atoms with Crippen molar-refractivity contribution in [3.63, 3.8) is 0 Å². The highest BCUT2D eigenvalue weighted by Gasteiger charge is 2.31. The number of hydrogen-bond acceptors (Lipinski definition) is 2. The van der Waals surface area contributed by atoms with Crippen LogP contribution in [0.3, 0.4) is 0 Å². The molecule has 2 N–H and O–H groups in total. The lowest BCUT2D eigenvalue weighted by molar-refractivity contribution is 0.0788. The fourth-order valence-corrected chi connectivity index (χ4v) is 3.08. The van der Waals surface area contributed by atoms with Crippen molar-refractivity contribution >= 4 is 11.6 Å². The maximum atomic E-state index is 13.5. The number of rotatable bonds is 5. The van der Waals surface area contributed by atoms with Crippen LogP contribution in [0.5, 0.6) is 0 Å². The molecule has 1 aromatic rings. The van der Waals surface area contributed by atoms with Crippen LogP contribution in [0, 0.1) is 11.2 Å². The van der Waals surface area contributed by atoms with E-state index in [2.05, 4.69) is 5.32 Å². The van der Waals surface area contributed by atoms with Gasteiger partial charge in [-0.3, -0.25) is 0 Å². The van der Waals surface area contributed by atoms with Gasteiger partial charge in [0, 0.05) is 24.6 Å². The first-order chi connectivity index (χ1) is 9.56. The van der Waals surface area contributed by atoms with Crippen LogP contribution in [0.4, 0.5) is 4.39 Å². The van der Waals surface area contributed by atoms with Crippen molar-refractivity contribution in [2.45, 2.75) is 45.1 Å². The van der Waals surface area contributed by atoms with Gasteiger partial charge >= 0.3 is 0 Å². The number of halogens is 2. The molecule has 112 valence electrons. The van der Waals surface area contributed by atoms with Crippen molar-refractivity contribution in [2.75, 3.05) is 13.2 Å². The van der Waals surface area contributed by atoms with Gasteiger partial charge in [-0.05, 0) is 37.5 Å². The van der Waals surface area contributed by atoms with E-state index in [1.807, 2.05) is 13.0 Å². The first kappa shape index (κ1) is 15.7. The van der Waals surface area contributed by atoms with E-state index < -0.39 is 0 Å². The van der Waals surface area contributed by atoms with Gasteiger partial charge in [0.1, 0.15) is 5.82 Å². The molecule has 2 nitrogen and oxygen atoms in total. The fourth-order valence-electron chi connectivity index (χ4n) is 2.96. The summed E-state index contributed by atoms with van der Waals surface area (Å²) in [6.45, 7) is 3.01. The third-order valence-electron chi connectivity index (χ3n) is 4.48. The normalized spacial score (nSPS) is 19.8. The molecule has 1 unspecified atom stereocenters. The number of aliphatic hydroxyl groups is 1. The molecule has 0 radical (unpaired) electrons. The van der Waals surface area contributed by atoms with E-state index in [0.717, 1.165) is 24.9 Å². The molecule has 4 heteroatoms. The molecule has 1 aliphatic carbocycles. The molecule has 0 bridgehead atoms. The zero-order chi connectivity index (χ0) is 14.6. The summed E-state index contributed by atoms with van der Waals surface area (Å²) in [5, 5.41) is 13.3. The highest BCUT2D eigenvalue weighted by atomic mass is 35.5. The van der Waals surface area contributed by atoms with Crippen molar-refractivity contribution in [3.8, 4) is 0 Å². The first-order valence-corrected chi connectivity index (χ1v) is 7.73. The van der Waals surface area contributed by atoms with Gasteiger partial charge in [0.25, 0.3) is 0 Å². The lowest BCUT2D eigenvalue weighted by atomic mass is 9.74. The summed E-state index contributed by atoms with van der Waals surface area (Å²) in [5.74, 6) is -0.382. The Hall–Kier alpha value is -0.640. The highest BCUT2D eigenvalue weighted by Crippen LogP contribution is 2.35.